The average Bonchev–Trinajstić information content (AvgIpc) is 0.950. The molecule has 0 aliphatic heterocycles. The molecule has 588 valence electrons. The molecule has 10 N–H and O–H groups in total. The Hall–Kier alpha value is -8.42. The number of carbonyl (C=O) groups is 4. The minimum Gasteiger partial charge on any atom is -0.491 e. The van der Waals surface area contributed by atoms with Crippen molar-refractivity contribution in [1.82, 2.24) is 0 Å². The van der Waals surface area contributed by atoms with Crippen molar-refractivity contribution >= 4 is 23.1 Å². The van der Waals surface area contributed by atoms with E-state index >= 15 is 0 Å². The van der Waals surface area contributed by atoms with Gasteiger partial charge in [0.1, 0.15) is 60.1 Å². The van der Waals surface area contributed by atoms with Crippen LogP contribution in [0.1, 0.15) is 183 Å². The summed E-state index contributed by atoms with van der Waals surface area (Å²) in [4.78, 5) is 43.3. The molecule has 0 heterocycles. The van der Waals surface area contributed by atoms with Crippen LogP contribution in [-0.4, -0.2) is 161 Å². The summed E-state index contributed by atoms with van der Waals surface area (Å²) in [6, 6.07) is 18.5. The van der Waals surface area contributed by atoms with Gasteiger partial charge in [0.15, 0.2) is 0 Å². The third-order valence-electron chi connectivity index (χ3n) is 15.4. The largest absolute Gasteiger partial charge is 0.491 e. The number of allylic oxidation sites excluding steroid dienone is 19. The number of para-hydroxylation sites is 2. The zero-order chi connectivity index (χ0) is 79.8. The Bertz CT molecular complexity index is 3240. The lowest BCUT2D eigenvalue weighted by Gasteiger charge is -2.23. The van der Waals surface area contributed by atoms with Crippen LogP contribution < -0.4 is 9.47 Å². The SMILES string of the molecule is CC(=O)CCC[C@H](O)[C@H](O)/C=C/C=C/C#C/C=C/C(O)COc1ccccc1.CC(=O)CCC[C@H](O)[C@H](O)/C=C/C=C/C=C\C=C\C(O)COc1ccccc1.CCCCCC(C)(/C=C/C#C/C=C/C=C/[C@@H](O)[C@@H](O)CCCC(C)=O)OC.CCCCCC/C=C/C#C/C=C/C=C/[C@@H](O)[C@@H](O)CCCC(C)=O. The Balaban J connectivity index is 0. The highest BCUT2D eigenvalue weighted by Crippen LogP contribution is 2.20. The Morgan fingerprint density at radius 3 is 1.08 bits per heavy atom. The number of ether oxygens (including phenoxy) is 3. The first-order valence-electron chi connectivity index (χ1n) is 37.3. The van der Waals surface area contributed by atoms with E-state index in [9.17, 15) is 70.2 Å². The first-order valence-corrected chi connectivity index (χ1v) is 37.3. The molecule has 0 aromatic heterocycles. The Morgan fingerprint density at radius 1 is 0.383 bits per heavy atom. The van der Waals surface area contributed by atoms with Gasteiger partial charge in [-0.25, -0.2) is 0 Å². The summed E-state index contributed by atoms with van der Waals surface area (Å²) >= 11 is 0. The second-order valence-corrected chi connectivity index (χ2v) is 25.5. The molecule has 2 rings (SSSR count). The topological polar surface area (TPSA) is 298 Å². The van der Waals surface area contributed by atoms with Crippen LogP contribution in [0.15, 0.2) is 219 Å². The van der Waals surface area contributed by atoms with E-state index in [1.807, 2.05) is 72.8 Å². The predicted molar refractivity (Wildman–Crippen MR) is 433 cm³/mol. The molecule has 0 saturated heterocycles. The van der Waals surface area contributed by atoms with Crippen molar-refractivity contribution in [1.29, 1.82) is 0 Å². The van der Waals surface area contributed by atoms with Gasteiger partial charge >= 0.3 is 0 Å². The number of methoxy groups -OCH3 is 1. The third kappa shape index (κ3) is 67.9. The van der Waals surface area contributed by atoms with Crippen LogP contribution in [0, 0.1) is 35.5 Å². The molecular formula is C90H126O17. The van der Waals surface area contributed by atoms with Crippen molar-refractivity contribution in [3.63, 3.8) is 0 Å². The van der Waals surface area contributed by atoms with E-state index in [1.165, 1.54) is 90.5 Å². The summed E-state index contributed by atoms with van der Waals surface area (Å²) in [6.45, 7) is 12.8. The molecule has 0 radical (unpaired) electrons. The number of hydrogen-bond acceptors (Lipinski definition) is 17. The van der Waals surface area contributed by atoms with Gasteiger partial charge in [-0.1, -0.05) is 234 Å². The highest BCUT2D eigenvalue weighted by molar-refractivity contribution is 5.76. The predicted octanol–water partition coefficient (Wildman–Crippen LogP) is 13.9. The normalized spacial score (nSPS) is 15.2. The Kier molecular flexibility index (Phi) is 66.4. The van der Waals surface area contributed by atoms with Crippen molar-refractivity contribution in [2.24, 2.45) is 0 Å². The van der Waals surface area contributed by atoms with Crippen LogP contribution >= 0.6 is 0 Å². The summed E-state index contributed by atoms with van der Waals surface area (Å²) in [5.41, 5.74) is -0.282. The molecule has 3 unspecified atom stereocenters. The molecule has 0 spiro atoms. The maximum atomic E-state index is 10.9. The molecular weight excluding hydrogens is 1350 g/mol. The van der Waals surface area contributed by atoms with Crippen molar-refractivity contribution in [2.75, 3.05) is 20.3 Å². The fraction of sp³-hybridized carbons (Fsp3) is 0.467. The molecule has 0 amide bonds. The second kappa shape index (κ2) is 70.6. The Labute approximate surface area is 640 Å². The van der Waals surface area contributed by atoms with E-state index in [2.05, 4.69) is 62.4 Å². The van der Waals surface area contributed by atoms with Gasteiger partial charge in [-0.2, -0.15) is 0 Å². The zero-order valence-corrected chi connectivity index (χ0v) is 64.7. The molecule has 17 nitrogen and oxygen atoms in total. The minimum atomic E-state index is -0.982. The van der Waals surface area contributed by atoms with Crippen molar-refractivity contribution in [2.45, 2.75) is 250 Å². The van der Waals surface area contributed by atoms with Crippen molar-refractivity contribution in [3.8, 4) is 47.0 Å². The lowest BCUT2D eigenvalue weighted by atomic mass is 9.97. The van der Waals surface area contributed by atoms with Gasteiger partial charge in [0.25, 0.3) is 0 Å². The number of hydrogen-bond donors (Lipinski definition) is 10. The summed E-state index contributed by atoms with van der Waals surface area (Å²) in [6.07, 6.45) is 51.3. The Morgan fingerprint density at radius 2 is 0.710 bits per heavy atom. The molecule has 17 heteroatoms. The number of aliphatic hydroxyl groups excluding tert-OH is 10. The molecule has 11 atom stereocenters. The van der Waals surface area contributed by atoms with Crippen LogP contribution in [0.5, 0.6) is 11.5 Å². The fourth-order valence-electron chi connectivity index (χ4n) is 8.89. The highest BCUT2D eigenvalue weighted by atomic mass is 16.5. The monoisotopic (exact) mass is 1480 g/mol. The van der Waals surface area contributed by atoms with E-state index < -0.39 is 61.0 Å². The minimum absolute atomic E-state index is 0.0732. The average molecular weight is 1480 g/mol. The van der Waals surface area contributed by atoms with Gasteiger partial charge < -0.3 is 84.5 Å². The van der Waals surface area contributed by atoms with Crippen LogP contribution in [0.3, 0.4) is 0 Å². The van der Waals surface area contributed by atoms with E-state index in [0.717, 1.165) is 19.3 Å². The molecule has 2 aromatic rings. The molecule has 2 aromatic carbocycles. The quantitative estimate of drug-likeness (QED) is 0.0167. The first kappa shape index (κ1) is 101. The molecule has 0 fully saturated rings. The van der Waals surface area contributed by atoms with Gasteiger partial charge in [-0.3, -0.25) is 0 Å². The first-order chi connectivity index (χ1) is 51.4. The van der Waals surface area contributed by atoms with E-state index in [0.29, 0.717) is 88.5 Å². The lowest BCUT2D eigenvalue weighted by molar-refractivity contribution is -0.118. The standard InChI is InChI=1S/C23H30O5.C23H28O5.C23H36O4.C21H32O3/c2*1-19(24)12-11-17-23(27)22(26)16-10-5-3-2-4-7-13-20(25)18-28-21-14-8-6-9-15-21;1-5-6-12-18-23(3,27-4)19-13-10-8-7-9-11-16-21(25)22(26)17-14-15-20(2)24;1-3-4-5-6-7-8-9-10-11-12-13-14-17-20(23)21(24)18-15-16-19(2)22/h2-10,13-16,20,22-23,25-27H,11-12,17-18H2,1H3;3,5-10,13-16,20,22-23,25-27H,11-12,17-18H2,1H3;7,9,11,13,16,19,21-22,25-26H,5-6,12,14-15,17-18H2,1-4H3;8-9,12-14,17,20-21,23-24H,3-7,15-16,18H2,1-2H3/b4-2-,5-3+,13-7+,16-10+;5-3+,13-7+,16-10+;9-7+,16-11+,19-13+;9-8+,13-12+,17-14+/t2*20?,22-,23+;21-,22+,23?;20-,21+/m1111/s1. The van der Waals surface area contributed by atoms with Crippen LogP contribution in [0.25, 0.3) is 0 Å². The number of unbranched alkanes of at least 4 members (excludes halogenated alkanes) is 6. The van der Waals surface area contributed by atoms with Gasteiger partial charge in [0.2, 0.25) is 0 Å². The van der Waals surface area contributed by atoms with Crippen molar-refractivity contribution < 1.29 is 84.5 Å². The van der Waals surface area contributed by atoms with Gasteiger partial charge in [0.05, 0.1) is 54.4 Å². The number of ketones is 4. The number of carbonyl (C=O) groups excluding carboxylic acids is 4. The van der Waals surface area contributed by atoms with Crippen LogP contribution in [0.4, 0.5) is 0 Å². The maximum absolute atomic E-state index is 10.9. The lowest BCUT2D eigenvalue weighted by Crippen LogP contribution is -2.23. The van der Waals surface area contributed by atoms with Crippen LogP contribution in [-0.2, 0) is 23.9 Å². The van der Waals surface area contributed by atoms with E-state index in [4.69, 9.17) is 14.2 Å². The summed E-state index contributed by atoms with van der Waals surface area (Å²) < 4.78 is 16.4. The zero-order valence-electron chi connectivity index (χ0n) is 64.7. The summed E-state index contributed by atoms with van der Waals surface area (Å²) in [7, 11) is 1.72. The van der Waals surface area contributed by atoms with Crippen LogP contribution in [0.2, 0.25) is 0 Å². The number of rotatable bonds is 49. The van der Waals surface area contributed by atoms with E-state index in [-0.39, 0.29) is 41.9 Å². The molecule has 0 aliphatic rings. The molecule has 0 saturated carbocycles. The van der Waals surface area contributed by atoms with Gasteiger partial charge in [-0.05, 0) is 178 Å². The van der Waals surface area contributed by atoms with E-state index in [1.54, 1.807) is 123 Å². The second-order valence-electron chi connectivity index (χ2n) is 25.5. The molecule has 107 heavy (non-hydrogen) atoms. The fourth-order valence-corrected chi connectivity index (χ4v) is 8.89. The number of aliphatic hydroxyl groups is 10. The number of benzene rings is 2. The number of Topliss-reactive ketones (excluding diaryl/α,β-unsaturated/α-hetero) is 4. The highest BCUT2D eigenvalue weighted by Gasteiger charge is 2.19. The molecule has 0 aliphatic carbocycles. The van der Waals surface area contributed by atoms with Gasteiger partial charge in [-0.15, -0.1) is 0 Å². The summed E-state index contributed by atoms with van der Waals surface area (Å²) in [5.74, 6) is 18.9. The third-order valence-corrected chi connectivity index (χ3v) is 15.4. The summed E-state index contributed by atoms with van der Waals surface area (Å²) in [5, 5.41) is 97.8. The van der Waals surface area contributed by atoms with Gasteiger partial charge in [0, 0.05) is 32.8 Å². The smallest absolute Gasteiger partial charge is 0.129 e. The molecule has 0 bridgehead atoms. The van der Waals surface area contributed by atoms with Crippen molar-refractivity contribution in [3.05, 3.63) is 219 Å². The maximum Gasteiger partial charge on any atom is 0.129 e.